The molecule has 0 aromatic carbocycles. The van der Waals surface area contributed by atoms with Crippen molar-refractivity contribution in [3.63, 3.8) is 0 Å². The van der Waals surface area contributed by atoms with Gasteiger partial charge in [0.25, 0.3) is 0 Å². The predicted molar refractivity (Wildman–Crippen MR) is 81.7 cm³/mol. The first-order valence-corrected chi connectivity index (χ1v) is 8.46. The Labute approximate surface area is 120 Å². The summed E-state index contributed by atoms with van der Waals surface area (Å²) in [7, 11) is 1.46. The van der Waals surface area contributed by atoms with Gasteiger partial charge in [0.05, 0.1) is 7.11 Å². The second-order valence-corrected chi connectivity index (χ2v) is 5.63. The van der Waals surface area contributed by atoms with Crippen LogP contribution in [0.15, 0.2) is 0 Å². The molecule has 0 heterocycles. The Morgan fingerprint density at radius 3 is 1.65 bits per heavy atom. The first-order chi connectivity index (χ1) is 8.31. The third-order valence-electron chi connectivity index (χ3n) is 2.99. The molecule has 0 unspecified atom stereocenters. The van der Waals surface area contributed by atoms with E-state index in [0.717, 1.165) is 6.42 Å². The van der Waals surface area contributed by atoms with Crippen LogP contribution in [0.5, 0.6) is 0 Å². The fourth-order valence-corrected chi connectivity index (χ4v) is 2.42. The van der Waals surface area contributed by atoms with Gasteiger partial charge in [0.15, 0.2) is 0 Å². The van der Waals surface area contributed by atoms with Gasteiger partial charge >= 0.3 is 5.97 Å². The molecule has 0 atom stereocenters. The first-order valence-electron chi connectivity index (χ1n) is 6.94. The molecular formula is C14H27IO2. The molecule has 0 radical (unpaired) electrons. The van der Waals surface area contributed by atoms with E-state index in [1.165, 1.54) is 69.3 Å². The zero-order valence-corrected chi connectivity index (χ0v) is 13.3. The van der Waals surface area contributed by atoms with E-state index in [0.29, 0.717) is 6.42 Å². The molecule has 0 bridgehead atoms. The van der Waals surface area contributed by atoms with Crippen molar-refractivity contribution in [2.45, 2.75) is 70.6 Å². The molecular weight excluding hydrogens is 327 g/mol. The first kappa shape index (κ1) is 17.2. The van der Waals surface area contributed by atoms with Crippen molar-refractivity contribution in [2.24, 2.45) is 0 Å². The summed E-state index contributed by atoms with van der Waals surface area (Å²) in [6.45, 7) is 0. The lowest BCUT2D eigenvalue weighted by Gasteiger charge is -2.02. The number of alkyl halides is 1. The number of ether oxygens (including phenoxy) is 1. The maximum Gasteiger partial charge on any atom is 0.305 e. The smallest absolute Gasteiger partial charge is 0.305 e. The van der Waals surface area contributed by atoms with Crippen molar-refractivity contribution in [1.29, 1.82) is 0 Å². The summed E-state index contributed by atoms with van der Waals surface area (Å²) in [6.07, 6.45) is 13.7. The third-order valence-corrected chi connectivity index (χ3v) is 3.75. The summed E-state index contributed by atoms with van der Waals surface area (Å²) in [6, 6.07) is 0. The Bertz CT molecular complexity index is 172. The van der Waals surface area contributed by atoms with Crippen LogP contribution in [0.25, 0.3) is 0 Å². The highest BCUT2D eigenvalue weighted by Gasteiger charge is 1.98. The van der Waals surface area contributed by atoms with Gasteiger partial charge in [0.1, 0.15) is 0 Å². The molecule has 0 spiro atoms. The number of methoxy groups -OCH3 is 1. The average molecular weight is 354 g/mol. The van der Waals surface area contributed by atoms with Crippen molar-refractivity contribution in [2.75, 3.05) is 11.5 Å². The van der Waals surface area contributed by atoms with Crippen LogP contribution in [-0.4, -0.2) is 17.5 Å². The third kappa shape index (κ3) is 14.1. The molecule has 3 heteroatoms. The lowest BCUT2D eigenvalue weighted by Crippen LogP contribution is -1.99. The van der Waals surface area contributed by atoms with Crippen LogP contribution in [0.2, 0.25) is 0 Å². The van der Waals surface area contributed by atoms with E-state index >= 15 is 0 Å². The lowest BCUT2D eigenvalue weighted by atomic mass is 10.1. The number of carbonyl (C=O) groups excluding carboxylic acids is 1. The SMILES string of the molecule is COC(=O)CCCCCCCCCCCCI. The standard InChI is InChI=1S/C14H27IO2/c1-17-14(16)12-10-8-6-4-2-3-5-7-9-11-13-15/h2-13H2,1H3. The van der Waals surface area contributed by atoms with Gasteiger partial charge in [-0.2, -0.15) is 0 Å². The van der Waals surface area contributed by atoms with E-state index in [9.17, 15) is 4.79 Å². The predicted octanol–water partition coefficient (Wildman–Crippen LogP) is 4.89. The summed E-state index contributed by atoms with van der Waals surface area (Å²) < 4.78 is 5.91. The van der Waals surface area contributed by atoms with Crippen LogP contribution in [0.3, 0.4) is 0 Å². The van der Waals surface area contributed by atoms with Gasteiger partial charge in [-0.25, -0.2) is 0 Å². The van der Waals surface area contributed by atoms with Crippen LogP contribution < -0.4 is 0 Å². The normalized spacial score (nSPS) is 10.5. The van der Waals surface area contributed by atoms with E-state index in [4.69, 9.17) is 0 Å². The number of hydrogen-bond donors (Lipinski definition) is 0. The Morgan fingerprint density at radius 1 is 0.824 bits per heavy atom. The lowest BCUT2D eigenvalue weighted by molar-refractivity contribution is -0.140. The molecule has 0 aromatic heterocycles. The molecule has 0 amide bonds. The zero-order valence-electron chi connectivity index (χ0n) is 11.2. The average Bonchev–Trinajstić information content (AvgIpc) is 2.35. The van der Waals surface area contributed by atoms with Crippen LogP contribution in [0.1, 0.15) is 70.6 Å². The van der Waals surface area contributed by atoms with Gasteiger partial charge in [-0.3, -0.25) is 4.79 Å². The summed E-state index contributed by atoms with van der Waals surface area (Å²) in [5.74, 6) is -0.0692. The molecule has 2 nitrogen and oxygen atoms in total. The molecule has 0 saturated carbocycles. The second kappa shape index (κ2) is 14.3. The Balaban J connectivity index is 2.96. The second-order valence-electron chi connectivity index (χ2n) is 4.55. The Kier molecular flexibility index (Phi) is 14.4. The minimum Gasteiger partial charge on any atom is -0.469 e. The molecule has 0 aromatic rings. The highest BCUT2D eigenvalue weighted by molar-refractivity contribution is 14.1. The highest BCUT2D eigenvalue weighted by atomic mass is 127. The van der Waals surface area contributed by atoms with E-state index < -0.39 is 0 Å². The monoisotopic (exact) mass is 354 g/mol. The molecule has 0 N–H and O–H groups in total. The number of esters is 1. The zero-order chi connectivity index (χ0) is 12.8. The van der Waals surface area contributed by atoms with Crippen LogP contribution >= 0.6 is 22.6 Å². The van der Waals surface area contributed by atoms with Crippen molar-refractivity contribution in [1.82, 2.24) is 0 Å². The molecule has 17 heavy (non-hydrogen) atoms. The van der Waals surface area contributed by atoms with Gasteiger partial charge in [0, 0.05) is 6.42 Å². The number of hydrogen-bond acceptors (Lipinski definition) is 2. The van der Waals surface area contributed by atoms with Gasteiger partial charge in [-0.15, -0.1) is 0 Å². The molecule has 0 aliphatic carbocycles. The minimum absolute atomic E-state index is 0.0692. The maximum absolute atomic E-state index is 10.8. The van der Waals surface area contributed by atoms with Crippen molar-refractivity contribution >= 4 is 28.6 Å². The van der Waals surface area contributed by atoms with E-state index in [2.05, 4.69) is 27.3 Å². The highest BCUT2D eigenvalue weighted by Crippen LogP contribution is 2.11. The Hall–Kier alpha value is 0.200. The number of halogens is 1. The maximum atomic E-state index is 10.8. The van der Waals surface area contributed by atoms with Crippen molar-refractivity contribution < 1.29 is 9.53 Å². The van der Waals surface area contributed by atoms with Gasteiger partial charge < -0.3 is 4.74 Å². The number of unbranched alkanes of at least 4 members (excludes halogenated alkanes) is 9. The summed E-state index contributed by atoms with van der Waals surface area (Å²) in [5.41, 5.74) is 0. The quantitative estimate of drug-likeness (QED) is 0.216. The van der Waals surface area contributed by atoms with Crippen LogP contribution in [-0.2, 0) is 9.53 Å². The molecule has 102 valence electrons. The largest absolute Gasteiger partial charge is 0.469 e. The van der Waals surface area contributed by atoms with Gasteiger partial charge in [0.2, 0.25) is 0 Å². The number of rotatable bonds is 12. The molecule has 0 aliphatic heterocycles. The molecule has 0 saturated heterocycles. The minimum atomic E-state index is -0.0692. The van der Waals surface area contributed by atoms with Crippen molar-refractivity contribution in [3.8, 4) is 0 Å². The summed E-state index contributed by atoms with van der Waals surface area (Å²) in [5, 5.41) is 0. The Morgan fingerprint density at radius 2 is 1.24 bits per heavy atom. The molecule has 0 aliphatic rings. The van der Waals surface area contributed by atoms with Crippen LogP contribution in [0, 0.1) is 0 Å². The summed E-state index contributed by atoms with van der Waals surface area (Å²) >= 11 is 2.45. The van der Waals surface area contributed by atoms with E-state index in [-0.39, 0.29) is 5.97 Å². The van der Waals surface area contributed by atoms with Crippen LogP contribution in [0.4, 0.5) is 0 Å². The van der Waals surface area contributed by atoms with Crippen molar-refractivity contribution in [3.05, 3.63) is 0 Å². The van der Waals surface area contributed by atoms with Gasteiger partial charge in [-0.05, 0) is 17.3 Å². The number of carbonyl (C=O) groups is 1. The fraction of sp³-hybridized carbons (Fsp3) is 0.929. The van der Waals surface area contributed by atoms with E-state index in [1.54, 1.807) is 0 Å². The molecule has 0 rings (SSSR count). The fourth-order valence-electron chi connectivity index (χ4n) is 1.88. The van der Waals surface area contributed by atoms with Gasteiger partial charge in [-0.1, -0.05) is 74.0 Å². The summed E-state index contributed by atoms with van der Waals surface area (Å²) in [4.78, 5) is 10.8. The molecule has 0 fully saturated rings. The van der Waals surface area contributed by atoms with E-state index in [1.807, 2.05) is 0 Å². The topological polar surface area (TPSA) is 26.3 Å².